The zero-order chi connectivity index (χ0) is 59.7. The highest BCUT2D eigenvalue weighted by molar-refractivity contribution is 7.11. The predicted molar refractivity (Wildman–Crippen MR) is 353 cm³/mol. The van der Waals surface area contributed by atoms with Crippen LogP contribution in [0.25, 0.3) is 66.1 Å². The molecule has 10 aromatic rings. The number of hydrogen-bond acceptors (Lipinski definition) is 6. The molecular weight excluding hydrogens is 1080 g/mol. The third-order valence-corrected chi connectivity index (χ3v) is 21.4. The average Bonchev–Trinajstić information content (AvgIpc) is 1.52. The van der Waals surface area contributed by atoms with E-state index in [0.29, 0.717) is 0 Å². The third kappa shape index (κ3) is 7.84. The van der Waals surface area contributed by atoms with Gasteiger partial charge in [0.25, 0.3) is 0 Å². The van der Waals surface area contributed by atoms with Gasteiger partial charge in [0.15, 0.2) is 0 Å². The SMILES string of the molecule is CC1(C)OB(B2OC(C)(C)C(C)(C)O2)OC1(C)C.CC1(C)OB(c2ccc3c(c2)C2(c4ccccc4-c4ccccc42)c2cc4ccccc4cc2-3)OC1(C)C.Clc1ccc2c(c1)C1(c3ccccc3-c3ccccc31)c1cc3ccccc3cc1-2. The van der Waals surface area contributed by atoms with Gasteiger partial charge >= 0.3 is 21.1 Å². The van der Waals surface area contributed by atoms with E-state index in [2.05, 4.69) is 228 Å². The fourth-order valence-corrected chi connectivity index (χ4v) is 14.9. The standard InChI is InChI=1S/C35H29BO2.C29H17Cl.C12H24B2O4/c1-33(2)34(3,4)38-36(37-33)24-17-18-27-28-19-22-11-5-6-12-23(22)20-31(28)35(32(27)21-24)29-15-9-7-13-25(29)26-14-8-10-16-30(26)35;30-20-13-14-23-24-15-18-7-1-2-8-19(18)16-27(24)29(28(23)17-20)25-11-5-3-9-21(25)22-10-4-6-12-26(22)29;1-9(2)10(3,4)16-13(15-9)14-17-11(5,6)12(7,8)18-14/h5-21H,1-4H3;1-17H;1-8H3. The largest absolute Gasteiger partial charge is 0.494 e. The summed E-state index contributed by atoms with van der Waals surface area (Å²) in [7, 11) is -1.36. The first-order valence-electron chi connectivity index (χ1n) is 30.4. The van der Waals surface area contributed by atoms with Gasteiger partial charge in [-0.05, 0) is 236 Å². The molecule has 10 heteroatoms. The topological polar surface area (TPSA) is 55.4 Å². The van der Waals surface area contributed by atoms with Crippen molar-refractivity contribution in [1.82, 2.24) is 0 Å². The Morgan fingerprint density at radius 3 is 0.907 bits per heavy atom. The van der Waals surface area contributed by atoms with Gasteiger partial charge in [0.05, 0.1) is 44.4 Å². The molecule has 0 unspecified atom stereocenters. The Hall–Kier alpha value is -7.04. The van der Waals surface area contributed by atoms with Crippen LogP contribution in [-0.2, 0) is 38.8 Å². The molecule has 0 atom stereocenters. The molecule has 4 aliphatic carbocycles. The first-order chi connectivity index (χ1) is 41.0. The summed E-state index contributed by atoms with van der Waals surface area (Å²) in [6.07, 6.45) is 0. The van der Waals surface area contributed by atoms with Gasteiger partial charge in [-0.15, -0.1) is 0 Å². The van der Waals surface area contributed by atoms with Crippen LogP contribution >= 0.6 is 11.6 Å². The molecular formula is C76H70B3ClO6. The highest BCUT2D eigenvalue weighted by atomic mass is 35.5. The van der Waals surface area contributed by atoms with Crippen LogP contribution in [0.2, 0.25) is 5.02 Å². The van der Waals surface area contributed by atoms with E-state index in [1.165, 1.54) is 111 Å². The van der Waals surface area contributed by atoms with Gasteiger partial charge in [0.2, 0.25) is 0 Å². The van der Waals surface area contributed by atoms with Crippen LogP contribution in [0.3, 0.4) is 0 Å². The summed E-state index contributed by atoms with van der Waals surface area (Å²) in [4.78, 5) is 0. The van der Waals surface area contributed by atoms with E-state index in [1.807, 2.05) is 61.5 Å². The average molecular weight is 1150 g/mol. The van der Waals surface area contributed by atoms with Crippen LogP contribution in [0.15, 0.2) is 206 Å². The minimum Gasteiger partial charge on any atom is -0.405 e. The lowest BCUT2D eigenvalue weighted by atomic mass is 9.49. The second kappa shape index (κ2) is 19.0. The summed E-state index contributed by atoms with van der Waals surface area (Å²) < 4.78 is 36.9. The quantitative estimate of drug-likeness (QED) is 0.161. The molecule has 0 aromatic heterocycles. The van der Waals surface area contributed by atoms with Crippen molar-refractivity contribution < 1.29 is 27.9 Å². The van der Waals surface area contributed by atoms with Gasteiger partial charge in [0.1, 0.15) is 0 Å². The third-order valence-electron chi connectivity index (χ3n) is 21.2. The van der Waals surface area contributed by atoms with E-state index < -0.39 is 21.1 Å². The molecule has 0 saturated carbocycles. The van der Waals surface area contributed by atoms with E-state index in [9.17, 15) is 0 Å². The lowest BCUT2D eigenvalue weighted by molar-refractivity contribution is 0.00578. The first kappa shape index (κ1) is 55.5. The molecule has 3 aliphatic heterocycles. The van der Waals surface area contributed by atoms with E-state index in [-0.39, 0.29) is 44.4 Å². The molecule has 86 heavy (non-hydrogen) atoms. The Kier molecular flexibility index (Phi) is 12.3. The predicted octanol–water partition coefficient (Wildman–Crippen LogP) is 17.6. The molecule has 3 fully saturated rings. The smallest absolute Gasteiger partial charge is 0.405 e. The van der Waals surface area contributed by atoms with Crippen molar-refractivity contribution in [1.29, 1.82) is 0 Å². The molecule has 0 amide bonds. The molecule has 2 spiro atoms. The first-order valence-corrected chi connectivity index (χ1v) is 30.8. The fraction of sp³-hybridized carbons (Fsp3) is 0.263. The van der Waals surface area contributed by atoms with Crippen LogP contribution in [0.5, 0.6) is 0 Å². The van der Waals surface area contributed by atoms with Crippen molar-refractivity contribution in [3.05, 3.63) is 256 Å². The molecule has 426 valence electrons. The van der Waals surface area contributed by atoms with Crippen LogP contribution in [0.4, 0.5) is 0 Å². The zero-order valence-corrected chi connectivity index (χ0v) is 51.9. The summed E-state index contributed by atoms with van der Waals surface area (Å²) in [5, 5.41) is 5.87. The minimum atomic E-state index is -0.476. The van der Waals surface area contributed by atoms with E-state index >= 15 is 0 Å². The fourth-order valence-electron chi connectivity index (χ4n) is 14.8. The number of hydrogen-bond donors (Lipinski definition) is 0. The number of rotatable bonds is 2. The molecule has 0 N–H and O–H groups in total. The maximum absolute atomic E-state index is 6.59. The lowest BCUT2D eigenvalue weighted by Crippen LogP contribution is -2.41. The normalized spacial score (nSPS) is 20.1. The van der Waals surface area contributed by atoms with E-state index in [1.54, 1.807) is 0 Å². The molecule has 17 rings (SSSR count). The van der Waals surface area contributed by atoms with Crippen molar-refractivity contribution in [3.63, 3.8) is 0 Å². The van der Waals surface area contributed by atoms with Gasteiger partial charge in [0, 0.05) is 5.02 Å². The van der Waals surface area contributed by atoms with Gasteiger partial charge < -0.3 is 27.9 Å². The zero-order valence-electron chi connectivity index (χ0n) is 51.2. The molecule has 10 aromatic carbocycles. The summed E-state index contributed by atoms with van der Waals surface area (Å²) in [6, 6.07) is 75.8. The van der Waals surface area contributed by atoms with E-state index in [4.69, 9.17) is 39.5 Å². The number of halogens is 1. The van der Waals surface area contributed by atoms with Crippen molar-refractivity contribution in [2.75, 3.05) is 0 Å². The Morgan fingerprint density at radius 2 is 0.535 bits per heavy atom. The summed E-state index contributed by atoms with van der Waals surface area (Å²) in [6.45, 7) is 24.7. The monoisotopic (exact) mass is 1150 g/mol. The van der Waals surface area contributed by atoms with Crippen molar-refractivity contribution in [2.24, 2.45) is 0 Å². The Bertz CT molecular complexity index is 4290. The van der Waals surface area contributed by atoms with Crippen LogP contribution in [0.1, 0.15) is 128 Å². The van der Waals surface area contributed by atoms with Crippen LogP contribution in [-0.4, -0.2) is 54.7 Å². The highest BCUT2D eigenvalue weighted by Gasteiger charge is 2.64. The number of benzene rings is 10. The Balaban J connectivity index is 0.000000116. The summed E-state index contributed by atoms with van der Waals surface area (Å²) in [5.74, 6) is 0. The minimum absolute atomic E-state index is 0.327. The van der Waals surface area contributed by atoms with Gasteiger partial charge in [-0.2, -0.15) is 0 Å². The maximum atomic E-state index is 6.59. The second-order valence-corrected chi connectivity index (χ2v) is 27.9. The van der Waals surface area contributed by atoms with Crippen LogP contribution < -0.4 is 5.46 Å². The highest BCUT2D eigenvalue weighted by Crippen LogP contribution is 2.65. The molecule has 3 heterocycles. The van der Waals surface area contributed by atoms with Crippen molar-refractivity contribution in [2.45, 2.75) is 128 Å². The number of fused-ring (bicyclic) bond motifs is 22. The summed E-state index contributed by atoms with van der Waals surface area (Å²) in [5.41, 5.74) is 19.3. The summed E-state index contributed by atoms with van der Waals surface area (Å²) >= 11 is 6.59. The second-order valence-electron chi connectivity index (χ2n) is 27.5. The molecule has 7 aliphatic rings. The molecule has 0 bridgehead atoms. The molecule has 3 saturated heterocycles. The Labute approximate surface area is 512 Å². The molecule has 0 radical (unpaired) electrons. The van der Waals surface area contributed by atoms with Crippen LogP contribution in [0, 0.1) is 0 Å². The van der Waals surface area contributed by atoms with E-state index in [0.717, 1.165) is 10.5 Å². The van der Waals surface area contributed by atoms with Gasteiger partial charge in [-0.1, -0.05) is 181 Å². The van der Waals surface area contributed by atoms with Crippen molar-refractivity contribution >= 4 is 59.7 Å². The lowest BCUT2D eigenvalue weighted by Gasteiger charge is -2.32. The molecule has 6 nitrogen and oxygen atoms in total. The van der Waals surface area contributed by atoms with Gasteiger partial charge in [-0.25, -0.2) is 0 Å². The van der Waals surface area contributed by atoms with Crippen molar-refractivity contribution in [3.8, 4) is 44.5 Å². The maximum Gasteiger partial charge on any atom is 0.494 e. The van der Waals surface area contributed by atoms with Gasteiger partial charge in [-0.3, -0.25) is 0 Å². The Morgan fingerprint density at radius 1 is 0.256 bits per heavy atom.